The van der Waals surface area contributed by atoms with Gasteiger partial charge in [0.1, 0.15) is 12.4 Å². The van der Waals surface area contributed by atoms with Crippen LogP contribution >= 0.6 is 11.6 Å². The van der Waals surface area contributed by atoms with Crippen LogP contribution in [0.1, 0.15) is 62.4 Å². The van der Waals surface area contributed by atoms with Crippen LogP contribution in [0.3, 0.4) is 0 Å². The van der Waals surface area contributed by atoms with Crippen LogP contribution in [0.5, 0.6) is 5.75 Å². The summed E-state index contributed by atoms with van der Waals surface area (Å²) in [4.78, 5) is 30.6. The Morgan fingerprint density at radius 1 is 1.06 bits per heavy atom. The summed E-state index contributed by atoms with van der Waals surface area (Å²) < 4.78 is 6.26. The monoisotopic (exact) mass is 484 g/mol. The van der Waals surface area contributed by atoms with E-state index in [9.17, 15) is 9.59 Å². The third-order valence-corrected chi connectivity index (χ3v) is 6.72. The first-order valence-corrected chi connectivity index (χ1v) is 12.8. The van der Waals surface area contributed by atoms with Gasteiger partial charge in [0.15, 0.2) is 0 Å². The van der Waals surface area contributed by atoms with Crippen molar-refractivity contribution in [2.24, 2.45) is 5.92 Å². The predicted octanol–water partition coefficient (Wildman–Crippen LogP) is 5.85. The van der Waals surface area contributed by atoms with Gasteiger partial charge in [0.25, 0.3) is 5.91 Å². The van der Waals surface area contributed by atoms with Crippen LogP contribution in [0.25, 0.3) is 0 Å². The summed E-state index contributed by atoms with van der Waals surface area (Å²) in [5.41, 5.74) is 1.43. The molecule has 34 heavy (non-hydrogen) atoms. The SMILES string of the molecule is CCN1CCCCCN(C(=O)Cc2ccccc2Cl)[C@@H](CC(C)C)COc2ccccc2C1=O. The summed E-state index contributed by atoms with van der Waals surface area (Å²) >= 11 is 6.36. The highest BCUT2D eigenvalue weighted by atomic mass is 35.5. The second-order valence-corrected chi connectivity index (χ2v) is 9.80. The molecule has 0 radical (unpaired) electrons. The van der Waals surface area contributed by atoms with Crippen LogP contribution in [0.2, 0.25) is 5.02 Å². The van der Waals surface area contributed by atoms with Gasteiger partial charge in [-0.1, -0.05) is 55.8 Å². The van der Waals surface area contributed by atoms with Crippen LogP contribution in [-0.2, 0) is 11.2 Å². The number of para-hydroxylation sites is 1. The molecular formula is C28H37ClN2O3. The van der Waals surface area contributed by atoms with Gasteiger partial charge in [0.2, 0.25) is 5.91 Å². The summed E-state index contributed by atoms with van der Waals surface area (Å²) in [6.45, 7) is 8.71. The maximum Gasteiger partial charge on any atom is 0.257 e. The molecule has 0 unspecified atom stereocenters. The van der Waals surface area contributed by atoms with Crippen molar-refractivity contribution in [3.8, 4) is 5.75 Å². The Kier molecular flexibility index (Phi) is 9.82. The molecule has 0 fully saturated rings. The molecule has 0 saturated carbocycles. The van der Waals surface area contributed by atoms with Crippen LogP contribution in [0, 0.1) is 5.92 Å². The Balaban J connectivity index is 1.89. The molecule has 184 valence electrons. The number of hydrogen-bond acceptors (Lipinski definition) is 3. The van der Waals surface area contributed by atoms with Crippen LogP contribution in [0.4, 0.5) is 0 Å². The first-order chi connectivity index (χ1) is 16.4. The number of benzene rings is 2. The Morgan fingerprint density at radius 3 is 2.50 bits per heavy atom. The van der Waals surface area contributed by atoms with Gasteiger partial charge in [-0.15, -0.1) is 0 Å². The van der Waals surface area contributed by atoms with E-state index < -0.39 is 0 Å². The normalized spacial score (nSPS) is 17.9. The van der Waals surface area contributed by atoms with E-state index >= 15 is 0 Å². The number of rotatable bonds is 5. The van der Waals surface area contributed by atoms with Gasteiger partial charge < -0.3 is 14.5 Å². The molecule has 0 aromatic heterocycles. The van der Waals surface area contributed by atoms with E-state index in [1.807, 2.05) is 65.3 Å². The zero-order chi connectivity index (χ0) is 24.5. The third-order valence-electron chi connectivity index (χ3n) is 6.35. The highest BCUT2D eigenvalue weighted by Gasteiger charge is 2.27. The quantitative estimate of drug-likeness (QED) is 0.534. The highest BCUT2D eigenvalue weighted by Crippen LogP contribution is 2.24. The largest absolute Gasteiger partial charge is 0.491 e. The van der Waals surface area contributed by atoms with Gasteiger partial charge in [-0.05, 0) is 62.3 Å². The standard InChI is InChI=1S/C28H37ClN2O3/c1-4-30-16-10-5-11-17-31(27(32)19-22-12-6-8-14-25(22)29)23(18-21(2)3)20-34-26-15-9-7-13-24(26)28(30)33/h6-9,12-15,21,23H,4-5,10-11,16-20H2,1-3H3/t23-/m0/s1. The average molecular weight is 485 g/mol. The number of hydrogen-bond donors (Lipinski definition) is 0. The van der Waals surface area contributed by atoms with Gasteiger partial charge in [0.05, 0.1) is 18.0 Å². The highest BCUT2D eigenvalue weighted by molar-refractivity contribution is 6.31. The van der Waals surface area contributed by atoms with E-state index in [2.05, 4.69) is 13.8 Å². The first-order valence-electron chi connectivity index (χ1n) is 12.4. The molecule has 2 amide bonds. The van der Waals surface area contributed by atoms with Crippen molar-refractivity contribution in [2.45, 2.75) is 58.9 Å². The number of amides is 2. The number of ether oxygens (including phenoxy) is 1. The fraction of sp³-hybridized carbons (Fsp3) is 0.500. The Labute approximate surface area is 209 Å². The van der Waals surface area contributed by atoms with E-state index in [4.69, 9.17) is 16.3 Å². The molecule has 1 aliphatic heterocycles. The van der Waals surface area contributed by atoms with Gasteiger partial charge >= 0.3 is 0 Å². The molecule has 1 heterocycles. The second-order valence-electron chi connectivity index (χ2n) is 9.39. The fourth-order valence-electron chi connectivity index (χ4n) is 4.54. The molecule has 6 heteroatoms. The molecular weight excluding hydrogens is 448 g/mol. The number of halogens is 1. The molecule has 0 bridgehead atoms. The zero-order valence-electron chi connectivity index (χ0n) is 20.6. The van der Waals surface area contributed by atoms with Crippen molar-refractivity contribution >= 4 is 23.4 Å². The summed E-state index contributed by atoms with van der Waals surface area (Å²) in [5.74, 6) is 1.05. The molecule has 2 aromatic carbocycles. The van der Waals surface area contributed by atoms with E-state index in [0.29, 0.717) is 48.5 Å². The Hall–Kier alpha value is -2.53. The Morgan fingerprint density at radius 2 is 1.76 bits per heavy atom. The van der Waals surface area contributed by atoms with E-state index in [1.54, 1.807) is 0 Å². The minimum Gasteiger partial charge on any atom is -0.491 e. The minimum atomic E-state index is -0.0822. The Bertz CT molecular complexity index is 962. The minimum absolute atomic E-state index is 0.00408. The van der Waals surface area contributed by atoms with Crippen molar-refractivity contribution in [2.75, 3.05) is 26.2 Å². The van der Waals surface area contributed by atoms with Crippen molar-refractivity contribution in [1.29, 1.82) is 0 Å². The lowest BCUT2D eigenvalue weighted by Crippen LogP contribution is -2.45. The van der Waals surface area contributed by atoms with Crippen LogP contribution in [-0.4, -0.2) is 53.9 Å². The summed E-state index contributed by atoms with van der Waals surface area (Å²) in [5, 5.41) is 0.616. The van der Waals surface area contributed by atoms with Crippen molar-refractivity contribution in [1.82, 2.24) is 9.80 Å². The lowest BCUT2D eigenvalue weighted by Gasteiger charge is -2.33. The van der Waals surface area contributed by atoms with Crippen molar-refractivity contribution < 1.29 is 14.3 Å². The topological polar surface area (TPSA) is 49.9 Å². The van der Waals surface area contributed by atoms with Gasteiger partial charge in [0, 0.05) is 24.7 Å². The molecule has 1 atom stereocenters. The summed E-state index contributed by atoms with van der Waals surface area (Å²) in [6, 6.07) is 14.9. The maximum absolute atomic E-state index is 13.5. The number of carbonyl (C=O) groups is 2. The molecule has 0 spiro atoms. The second kappa shape index (κ2) is 12.8. The molecule has 3 rings (SSSR count). The number of fused-ring (bicyclic) bond motifs is 1. The lowest BCUT2D eigenvalue weighted by molar-refractivity contribution is -0.134. The molecule has 1 aliphatic rings. The van der Waals surface area contributed by atoms with Gasteiger partial charge in [-0.3, -0.25) is 9.59 Å². The zero-order valence-corrected chi connectivity index (χ0v) is 21.4. The lowest BCUT2D eigenvalue weighted by atomic mass is 10.0. The summed E-state index contributed by atoms with van der Waals surface area (Å²) in [6.07, 6.45) is 3.85. The van der Waals surface area contributed by atoms with E-state index in [1.165, 1.54) is 0 Å². The molecule has 0 aliphatic carbocycles. The molecule has 0 N–H and O–H groups in total. The molecule has 0 saturated heterocycles. The van der Waals surface area contributed by atoms with Crippen LogP contribution in [0.15, 0.2) is 48.5 Å². The molecule has 2 aromatic rings. The average Bonchev–Trinajstić information content (AvgIpc) is 2.83. The van der Waals surface area contributed by atoms with E-state index in [-0.39, 0.29) is 24.3 Å². The number of carbonyl (C=O) groups excluding carboxylic acids is 2. The number of nitrogens with zero attached hydrogens (tertiary/aromatic N) is 2. The fourth-order valence-corrected chi connectivity index (χ4v) is 4.74. The van der Waals surface area contributed by atoms with Crippen molar-refractivity contribution in [3.63, 3.8) is 0 Å². The smallest absolute Gasteiger partial charge is 0.257 e. The first kappa shape index (κ1) is 26.1. The van der Waals surface area contributed by atoms with Crippen LogP contribution < -0.4 is 4.74 Å². The van der Waals surface area contributed by atoms with Gasteiger partial charge in [-0.25, -0.2) is 0 Å². The van der Waals surface area contributed by atoms with Gasteiger partial charge in [-0.2, -0.15) is 0 Å². The van der Waals surface area contributed by atoms with Crippen molar-refractivity contribution in [3.05, 3.63) is 64.7 Å². The van der Waals surface area contributed by atoms with E-state index in [0.717, 1.165) is 31.2 Å². The predicted molar refractivity (Wildman–Crippen MR) is 137 cm³/mol. The molecule has 5 nitrogen and oxygen atoms in total. The third kappa shape index (κ3) is 6.99. The summed E-state index contributed by atoms with van der Waals surface area (Å²) in [7, 11) is 0. The maximum atomic E-state index is 13.5.